The van der Waals surface area contributed by atoms with Crippen LogP contribution in [0.25, 0.3) is 0 Å². The zero-order valence-electron chi connectivity index (χ0n) is 19.9. The molecule has 0 saturated heterocycles. The Kier molecular flexibility index (Phi) is 10.2. The van der Waals surface area contributed by atoms with E-state index >= 15 is 0 Å². The van der Waals surface area contributed by atoms with Crippen molar-refractivity contribution in [1.29, 1.82) is 0 Å². The van der Waals surface area contributed by atoms with E-state index in [0.29, 0.717) is 17.2 Å². The number of hydrogen-bond acceptors (Lipinski definition) is 3. The first-order valence-electron chi connectivity index (χ1n) is 11.5. The Morgan fingerprint density at radius 3 is 2.26 bits per heavy atom. The molecule has 0 heterocycles. The van der Waals surface area contributed by atoms with Gasteiger partial charge in [-0.25, -0.2) is 4.39 Å². The summed E-state index contributed by atoms with van der Waals surface area (Å²) in [7, 11) is 0. The number of amides is 2. The lowest BCUT2D eigenvalue weighted by atomic mass is 10.0. The van der Waals surface area contributed by atoms with E-state index in [1.54, 1.807) is 23.1 Å². The zero-order chi connectivity index (χ0) is 25.2. The van der Waals surface area contributed by atoms with E-state index in [9.17, 15) is 14.0 Å². The maximum absolute atomic E-state index is 13.5. The Balaban J connectivity index is 1.85. The quantitative estimate of drug-likeness (QED) is 0.349. The van der Waals surface area contributed by atoms with Gasteiger partial charge in [-0.2, -0.15) is 0 Å². The largest absolute Gasteiger partial charge is 0.352 e. The van der Waals surface area contributed by atoms with Crippen LogP contribution in [0, 0.1) is 5.82 Å². The lowest BCUT2D eigenvalue weighted by molar-refractivity contribution is -0.139. The maximum Gasteiger partial charge on any atom is 0.243 e. The van der Waals surface area contributed by atoms with Gasteiger partial charge in [-0.05, 0) is 48.7 Å². The highest BCUT2D eigenvalue weighted by Crippen LogP contribution is 2.22. The molecule has 0 radical (unpaired) electrons. The average Bonchev–Trinajstić information content (AvgIpc) is 2.83. The van der Waals surface area contributed by atoms with Gasteiger partial charge >= 0.3 is 0 Å². The molecule has 0 aliphatic heterocycles. The fourth-order valence-corrected chi connectivity index (χ4v) is 4.73. The lowest BCUT2D eigenvalue weighted by Gasteiger charge is -2.32. The molecule has 0 spiro atoms. The predicted molar refractivity (Wildman–Crippen MR) is 142 cm³/mol. The molecule has 0 aromatic heterocycles. The van der Waals surface area contributed by atoms with Crippen molar-refractivity contribution in [2.75, 3.05) is 5.75 Å². The van der Waals surface area contributed by atoms with Crippen molar-refractivity contribution in [3.63, 3.8) is 0 Å². The van der Waals surface area contributed by atoms with Gasteiger partial charge in [0.25, 0.3) is 0 Å². The van der Waals surface area contributed by atoms with Gasteiger partial charge in [0.05, 0.1) is 5.75 Å². The number of halogens is 2. The van der Waals surface area contributed by atoms with Crippen molar-refractivity contribution >= 4 is 35.2 Å². The number of nitrogens with one attached hydrogen (secondary N) is 1. The molecule has 0 aliphatic carbocycles. The average molecular weight is 513 g/mol. The highest BCUT2D eigenvalue weighted by atomic mass is 35.5. The molecule has 0 fully saturated rings. The molecule has 1 N–H and O–H groups in total. The normalized spacial score (nSPS) is 11.8. The number of nitrogens with zero attached hydrogens (tertiary/aromatic N) is 1. The first kappa shape index (κ1) is 26.8. The van der Waals surface area contributed by atoms with Crippen LogP contribution in [0.3, 0.4) is 0 Å². The molecule has 184 valence electrons. The highest BCUT2D eigenvalue weighted by molar-refractivity contribution is 7.99. The summed E-state index contributed by atoms with van der Waals surface area (Å²) in [6, 6.07) is 22.5. The number of carbonyl (C=O) groups excluding carboxylic acids is 2. The second-order valence-electron chi connectivity index (χ2n) is 8.60. The van der Waals surface area contributed by atoms with Gasteiger partial charge in [0, 0.05) is 29.8 Å². The van der Waals surface area contributed by atoms with Gasteiger partial charge in [-0.15, -0.1) is 11.8 Å². The van der Waals surface area contributed by atoms with Gasteiger partial charge < -0.3 is 10.2 Å². The minimum atomic E-state index is -0.699. The SMILES string of the molecule is CC(C)NC(=O)[C@H](Cc1ccccc1)N(Cc1ccccc1Cl)C(=O)CSCc1ccc(F)cc1. The summed E-state index contributed by atoms with van der Waals surface area (Å²) in [5.41, 5.74) is 2.68. The molecule has 0 aliphatic rings. The van der Waals surface area contributed by atoms with E-state index in [2.05, 4.69) is 5.32 Å². The molecular weight excluding hydrogens is 483 g/mol. The minimum Gasteiger partial charge on any atom is -0.352 e. The summed E-state index contributed by atoms with van der Waals surface area (Å²) in [5, 5.41) is 3.53. The Morgan fingerprint density at radius 1 is 0.943 bits per heavy atom. The van der Waals surface area contributed by atoms with Crippen molar-refractivity contribution in [3.8, 4) is 0 Å². The van der Waals surface area contributed by atoms with Crippen LogP contribution in [-0.2, 0) is 28.3 Å². The third-order valence-electron chi connectivity index (χ3n) is 5.41. The van der Waals surface area contributed by atoms with Crippen LogP contribution in [0.2, 0.25) is 5.02 Å². The van der Waals surface area contributed by atoms with Gasteiger partial charge in [0.1, 0.15) is 11.9 Å². The first-order valence-corrected chi connectivity index (χ1v) is 13.1. The number of rotatable bonds is 11. The fraction of sp³-hybridized carbons (Fsp3) is 0.286. The number of thioether (sulfide) groups is 1. The smallest absolute Gasteiger partial charge is 0.243 e. The summed E-state index contributed by atoms with van der Waals surface area (Å²) in [6.45, 7) is 4.02. The second-order valence-corrected chi connectivity index (χ2v) is 9.99. The molecule has 0 bridgehead atoms. The van der Waals surface area contributed by atoms with Crippen LogP contribution >= 0.6 is 23.4 Å². The predicted octanol–water partition coefficient (Wildman–Crippen LogP) is 5.88. The van der Waals surface area contributed by atoms with Crippen LogP contribution in [0.4, 0.5) is 4.39 Å². The van der Waals surface area contributed by atoms with Crippen molar-refractivity contribution in [3.05, 3.63) is 106 Å². The van der Waals surface area contributed by atoms with Gasteiger partial charge in [-0.3, -0.25) is 9.59 Å². The van der Waals surface area contributed by atoms with Crippen molar-refractivity contribution in [1.82, 2.24) is 10.2 Å². The second kappa shape index (κ2) is 13.3. The third-order valence-corrected chi connectivity index (χ3v) is 6.77. The van der Waals surface area contributed by atoms with Gasteiger partial charge in [-0.1, -0.05) is 72.3 Å². The molecule has 4 nitrogen and oxygen atoms in total. The molecule has 0 unspecified atom stereocenters. The van der Waals surface area contributed by atoms with E-state index in [4.69, 9.17) is 11.6 Å². The van der Waals surface area contributed by atoms with Gasteiger partial charge in [0.15, 0.2) is 0 Å². The number of benzene rings is 3. The Labute approximate surface area is 215 Å². The summed E-state index contributed by atoms with van der Waals surface area (Å²) in [4.78, 5) is 28.5. The Hall–Kier alpha value is -2.83. The molecular formula is C28H30ClFN2O2S. The van der Waals surface area contributed by atoms with E-state index < -0.39 is 6.04 Å². The lowest BCUT2D eigenvalue weighted by Crippen LogP contribution is -2.52. The van der Waals surface area contributed by atoms with Crippen LogP contribution in [0.15, 0.2) is 78.9 Å². The van der Waals surface area contributed by atoms with Crippen LogP contribution in [0.5, 0.6) is 0 Å². The zero-order valence-corrected chi connectivity index (χ0v) is 21.5. The fourth-order valence-electron chi connectivity index (χ4n) is 3.66. The maximum atomic E-state index is 13.5. The first-order chi connectivity index (χ1) is 16.8. The molecule has 1 atom stereocenters. The standard InChI is InChI=1S/C28H30ClFN2O2S/c1-20(2)31-28(34)26(16-21-8-4-3-5-9-21)32(17-23-10-6-7-11-25(23)29)27(33)19-35-18-22-12-14-24(30)15-13-22/h3-15,20,26H,16-19H2,1-2H3,(H,31,34)/t26-/m0/s1. The van der Waals surface area contributed by atoms with E-state index in [-0.39, 0.29) is 36.0 Å². The van der Waals surface area contributed by atoms with Crippen LogP contribution < -0.4 is 5.32 Å². The molecule has 3 aromatic carbocycles. The monoisotopic (exact) mass is 512 g/mol. The molecule has 7 heteroatoms. The molecule has 0 saturated carbocycles. The highest BCUT2D eigenvalue weighted by Gasteiger charge is 2.31. The summed E-state index contributed by atoms with van der Waals surface area (Å²) in [5.74, 6) is 0.0978. The molecule has 3 rings (SSSR count). The van der Waals surface area contributed by atoms with E-state index in [1.807, 2.05) is 62.4 Å². The summed E-state index contributed by atoms with van der Waals surface area (Å²) < 4.78 is 13.2. The summed E-state index contributed by atoms with van der Waals surface area (Å²) in [6.07, 6.45) is 0.387. The Morgan fingerprint density at radius 2 is 1.60 bits per heavy atom. The Bertz CT molecular complexity index is 1110. The van der Waals surface area contributed by atoms with E-state index in [1.165, 1.54) is 23.9 Å². The topological polar surface area (TPSA) is 49.4 Å². The molecule has 3 aromatic rings. The molecule has 35 heavy (non-hydrogen) atoms. The van der Waals surface area contributed by atoms with Crippen molar-refractivity contribution in [2.45, 2.75) is 44.6 Å². The third kappa shape index (κ3) is 8.41. The number of hydrogen-bond donors (Lipinski definition) is 1. The number of carbonyl (C=O) groups is 2. The van der Waals surface area contributed by atoms with Crippen LogP contribution in [-0.4, -0.2) is 34.6 Å². The van der Waals surface area contributed by atoms with Crippen molar-refractivity contribution in [2.24, 2.45) is 0 Å². The van der Waals surface area contributed by atoms with Crippen molar-refractivity contribution < 1.29 is 14.0 Å². The molecule has 2 amide bonds. The van der Waals surface area contributed by atoms with Gasteiger partial charge in [0.2, 0.25) is 11.8 Å². The van der Waals surface area contributed by atoms with E-state index in [0.717, 1.165) is 16.7 Å². The minimum absolute atomic E-state index is 0.0640. The summed E-state index contributed by atoms with van der Waals surface area (Å²) >= 11 is 7.86. The van der Waals surface area contributed by atoms with Crippen LogP contribution in [0.1, 0.15) is 30.5 Å².